The van der Waals surface area contributed by atoms with Crippen molar-refractivity contribution in [2.75, 3.05) is 6.61 Å². The van der Waals surface area contributed by atoms with Gasteiger partial charge in [-0.3, -0.25) is 4.79 Å². The molecule has 1 aromatic carbocycles. The van der Waals surface area contributed by atoms with Crippen LogP contribution in [0.25, 0.3) is 0 Å². The van der Waals surface area contributed by atoms with Crippen LogP contribution in [0.3, 0.4) is 0 Å². The van der Waals surface area contributed by atoms with Crippen LogP contribution in [0.2, 0.25) is 0 Å². The number of amides is 1. The van der Waals surface area contributed by atoms with Crippen LogP contribution < -0.4 is 10.1 Å². The van der Waals surface area contributed by atoms with Crippen LogP contribution in [0.1, 0.15) is 99.0 Å². The number of rotatable bonds is 12. The number of carbonyl (C=O) groups is 2. The molecule has 0 saturated carbocycles. The zero-order valence-electron chi connectivity index (χ0n) is 23.9. The van der Waals surface area contributed by atoms with E-state index in [1.165, 1.54) is 11.3 Å². The largest absolute Gasteiger partial charge is 0.491 e. The third-order valence-electron chi connectivity index (χ3n) is 7.69. The molecule has 1 amide bonds. The second-order valence-electron chi connectivity index (χ2n) is 11.3. The summed E-state index contributed by atoms with van der Waals surface area (Å²) < 4.78 is 5.96. The molecule has 3 N–H and O–H groups in total. The summed E-state index contributed by atoms with van der Waals surface area (Å²) in [6.45, 7) is 18.2. The lowest BCUT2D eigenvalue weighted by molar-refractivity contribution is -0.140. The van der Waals surface area contributed by atoms with Gasteiger partial charge in [-0.1, -0.05) is 67.0 Å². The first-order valence-electron chi connectivity index (χ1n) is 13.3. The van der Waals surface area contributed by atoms with E-state index in [9.17, 15) is 19.8 Å². The van der Waals surface area contributed by atoms with Crippen molar-refractivity contribution in [3.8, 4) is 5.75 Å². The van der Waals surface area contributed by atoms with Gasteiger partial charge in [0.25, 0.3) is 5.91 Å². The number of aliphatic hydroxyl groups is 1. The van der Waals surface area contributed by atoms with E-state index >= 15 is 0 Å². The highest BCUT2D eigenvalue weighted by Gasteiger charge is 2.35. The van der Waals surface area contributed by atoms with E-state index in [1.54, 1.807) is 0 Å². The van der Waals surface area contributed by atoms with E-state index in [0.717, 1.165) is 40.2 Å². The lowest BCUT2D eigenvalue weighted by atomic mass is 9.74. The van der Waals surface area contributed by atoms with E-state index in [4.69, 9.17) is 4.74 Å². The van der Waals surface area contributed by atoms with Crippen molar-refractivity contribution in [3.63, 3.8) is 0 Å². The van der Waals surface area contributed by atoms with E-state index in [0.29, 0.717) is 11.3 Å². The maximum absolute atomic E-state index is 13.1. The second kappa shape index (κ2) is 12.4. The Bertz CT molecular complexity index is 1080. The molecule has 3 atom stereocenters. The number of carboxylic acid groups (broad SMARTS) is 1. The fourth-order valence-electron chi connectivity index (χ4n) is 4.51. The minimum Gasteiger partial charge on any atom is -0.491 e. The molecule has 0 spiro atoms. The van der Waals surface area contributed by atoms with Gasteiger partial charge in [-0.05, 0) is 66.8 Å². The lowest BCUT2D eigenvalue weighted by Gasteiger charge is -2.32. The van der Waals surface area contributed by atoms with Crippen molar-refractivity contribution in [3.05, 3.63) is 50.7 Å². The molecule has 0 bridgehead atoms. The summed E-state index contributed by atoms with van der Waals surface area (Å²) in [4.78, 5) is 26.5. The van der Waals surface area contributed by atoms with Gasteiger partial charge in [0.2, 0.25) is 0 Å². The van der Waals surface area contributed by atoms with Crippen LogP contribution >= 0.6 is 11.3 Å². The number of carbonyl (C=O) groups excluding carboxylic acids is 1. The Balaban J connectivity index is 2.38. The summed E-state index contributed by atoms with van der Waals surface area (Å²) in [5, 5.41) is 22.7. The van der Waals surface area contributed by atoms with Gasteiger partial charge < -0.3 is 20.3 Å². The van der Waals surface area contributed by atoms with E-state index in [2.05, 4.69) is 37.4 Å². The second-order valence-corrected chi connectivity index (χ2v) is 12.3. The van der Waals surface area contributed by atoms with Gasteiger partial charge in [0.1, 0.15) is 18.4 Å². The van der Waals surface area contributed by atoms with Gasteiger partial charge in [-0.2, -0.15) is 0 Å². The van der Waals surface area contributed by atoms with Crippen LogP contribution in [0.4, 0.5) is 0 Å². The van der Waals surface area contributed by atoms with Crippen molar-refractivity contribution < 1.29 is 24.5 Å². The molecule has 6 nitrogen and oxygen atoms in total. The molecule has 2 rings (SSSR count). The smallest absolute Gasteiger partial charge is 0.326 e. The molecular formula is C30H45NO5S. The van der Waals surface area contributed by atoms with Crippen molar-refractivity contribution >= 4 is 23.2 Å². The molecule has 1 heterocycles. The number of hydrogen-bond acceptors (Lipinski definition) is 5. The third-order valence-corrected chi connectivity index (χ3v) is 9.13. The molecule has 3 unspecified atom stereocenters. The van der Waals surface area contributed by atoms with Gasteiger partial charge in [0, 0.05) is 10.3 Å². The predicted molar refractivity (Wildman–Crippen MR) is 151 cm³/mol. The number of carboxylic acids is 1. The van der Waals surface area contributed by atoms with Crippen molar-refractivity contribution in [2.45, 2.75) is 99.1 Å². The van der Waals surface area contributed by atoms with E-state index in [1.807, 2.05) is 54.5 Å². The van der Waals surface area contributed by atoms with Crippen LogP contribution in [0.5, 0.6) is 5.75 Å². The first kappa shape index (κ1) is 30.8. The summed E-state index contributed by atoms with van der Waals surface area (Å²) in [6, 6.07) is 7.35. The van der Waals surface area contributed by atoms with Crippen molar-refractivity contribution in [1.82, 2.24) is 5.32 Å². The van der Waals surface area contributed by atoms with Gasteiger partial charge >= 0.3 is 5.97 Å². The zero-order chi connectivity index (χ0) is 28.1. The number of thiophene rings is 1. The minimum atomic E-state index is -1.01. The third kappa shape index (κ3) is 6.94. The number of ether oxygens (including phenoxy) is 1. The Morgan fingerprint density at radius 2 is 1.68 bits per heavy atom. The Hall–Kier alpha value is -2.38. The Morgan fingerprint density at radius 1 is 1.05 bits per heavy atom. The molecule has 0 saturated heterocycles. The summed E-state index contributed by atoms with van der Waals surface area (Å²) in [5.74, 6) is -0.763. The molecule has 206 valence electrons. The highest BCUT2D eigenvalue weighted by Crippen LogP contribution is 2.44. The van der Waals surface area contributed by atoms with Crippen molar-refractivity contribution in [2.24, 2.45) is 11.3 Å². The Labute approximate surface area is 226 Å². The fraction of sp³-hybridized carbons (Fsp3) is 0.600. The quantitative estimate of drug-likeness (QED) is 0.291. The number of benzene rings is 1. The first-order valence-corrected chi connectivity index (χ1v) is 14.1. The van der Waals surface area contributed by atoms with Crippen LogP contribution in [0, 0.1) is 25.2 Å². The first-order chi connectivity index (χ1) is 17.2. The normalized spacial score (nSPS) is 14.6. The molecule has 0 radical (unpaired) electrons. The van der Waals surface area contributed by atoms with Crippen LogP contribution in [-0.2, 0) is 10.2 Å². The molecule has 0 aliphatic heterocycles. The average molecular weight is 532 g/mol. The number of hydrogen-bond donors (Lipinski definition) is 3. The number of aryl methyl sites for hydroxylation is 2. The maximum Gasteiger partial charge on any atom is 0.326 e. The summed E-state index contributed by atoms with van der Waals surface area (Å²) >= 11 is 1.45. The van der Waals surface area contributed by atoms with Gasteiger partial charge in [-0.15, -0.1) is 11.3 Å². The number of aliphatic hydroxyl groups excluding tert-OH is 1. The Morgan fingerprint density at radius 3 is 2.16 bits per heavy atom. The highest BCUT2D eigenvalue weighted by molar-refractivity contribution is 7.14. The standard InChI is InChI=1S/C30H45NO5S/c1-10-18(4)25(28(34)35)31-27(33)26-20(6)16-24(37-26)30(11-2,12-3)21-13-14-22(19(5)15-21)36-17-23(32)29(7,8)9/h13-16,18,23,25,32H,10-12,17H2,1-9H3,(H,31,33)(H,34,35). The molecule has 0 aliphatic rings. The lowest BCUT2D eigenvalue weighted by Crippen LogP contribution is -2.44. The van der Waals surface area contributed by atoms with E-state index < -0.39 is 18.1 Å². The zero-order valence-corrected chi connectivity index (χ0v) is 24.7. The number of nitrogens with one attached hydrogen (secondary N) is 1. The monoisotopic (exact) mass is 531 g/mol. The summed E-state index contributed by atoms with van der Waals surface area (Å²) in [7, 11) is 0. The maximum atomic E-state index is 13.1. The van der Waals surface area contributed by atoms with E-state index in [-0.39, 0.29) is 29.3 Å². The topological polar surface area (TPSA) is 95.9 Å². The van der Waals surface area contributed by atoms with Gasteiger partial charge in [0.05, 0.1) is 11.0 Å². The highest BCUT2D eigenvalue weighted by atomic mass is 32.1. The van der Waals surface area contributed by atoms with Gasteiger partial charge in [0.15, 0.2) is 0 Å². The summed E-state index contributed by atoms with van der Waals surface area (Å²) in [6.07, 6.45) is 1.78. The van der Waals surface area contributed by atoms with Gasteiger partial charge in [-0.25, -0.2) is 4.79 Å². The fourth-order valence-corrected chi connectivity index (χ4v) is 5.94. The van der Waals surface area contributed by atoms with Crippen LogP contribution in [0.15, 0.2) is 24.3 Å². The number of aliphatic carboxylic acids is 1. The predicted octanol–water partition coefficient (Wildman–Crippen LogP) is 6.49. The molecule has 37 heavy (non-hydrogen) atoms. The molecule has 2 aromatic rings. The SMILES string of the molecule is CCC(C)C(NC(=O)c1sc(C(CC)(CC)c2ccc(OCC(O)C(C)(C)C)c(C)c2)cc1C)C(=O)O. The molecule has 1 aromatic heterocycles. The summed E-state index contributed by atoms with van der Waals surface area (Å²) in [5.41, 5.74) is 2.45. The minimum absolute atomic E-state index is 0.167. The molecule has 7 heteroatoms. The molecule has 0 fully saturated rings. The molecule has 0 aliphatic carbocycles. The Kier molecular flexibility index (Phi) is 10.4. The van der Waals surface area contributed by atoms with Crippen LogP contribution in [-0.4, -0.2) is 40.8 Å². The van der Waals surface area contributed by atoms with Crippen molar-refractivity contribution in [1.29, 1.82) is 0 Å². The molecular weight excluding hydrogens is 486 g/mol. The average Bonchev–Trinajstić information content (AvgIpc) is 3.23.